The van der Waals surface area contributed by atoms with Gasteiger partial charge in [-0.25, -0.2) is 8.42 Å². The quantitative estimate of drug-likeness (QED) is 0.335. The van der Waals surface area contributed by atoms with Crippen molar-refractivity contribution in [3.8, 4) is 0 Å². The van der Waals surface area contributed by atoms with E-state index in [1.807, 2.05) is 52.0 Å². The second-order valence-corrected chi connectivity index (χ2v) is 12.0. The summed E-state index contributed by atoms with van der Waals surface area (Å²) in [4.78, 5) is 28.3. The zero-order chi connectivity index (χ0) is 28.7. The lowest BCUT2D eigenvalue weighted by Crippen LogP contribution is -2.51. The second kappa shape index (κ2) is 13.1. The fourth-order valence-electron chi connectivity index (χ4n) is 3.97. The molecule has 0 radical (unpaired) electrons. The van der Waals surface area contributed by atoms with E-state index in [0.29, 0.717) is 11.6 Å². The predicted octanol–water partition coefficient (Wildman–Crippen LogP) is 5.40. The number of carbonyl (C=O) groups is 2. The van der Waals surface area contributed by atoms with Crippen molar-refractivity contribution in [2.75, 3.05) is 17.4 Å². The van der Waals surface area contributed by atoms with Gasteiger partial charge in [-0.15, -0.1) is 0 Å². The number of carbonyl (C=O) groups excluding carboxylic acids is 2. The highest BCUT2D eigenvalue weighted by Gasteiger charge is 2.32. The van der Waals surface area contributed by atoms with Crippen molar-refractivity contribution >= 4 is 39.1 Å². The Kier molecular flexibility index (Phi) is 10.2. The van der Waals surface area contributed by atoms with Crippen LogP contribution in [0.4, 0.5) is 5.69 Å². The summed E-state index contributed by atoms with van der Waals surface area (Å²) in [5.74, 6) is -0.814. The van der Waals surface area contributed by atoms with Crippen molar-refractivity contribution in [1.29, 1.82) is 0 Å². The van der Waals surface area contributed by atoms with Gasteiger partial charge in [-0.1, -0.05) is 72.1 Å². The van der Waals surface area contributed by atoms with E-state index in [9.17, 15) is 18.0 Å². The van der Waals surface area contributed by atoms with Crippen molar-refractivity contribution in [3.05, 3.63) is 94.0 Å². The fraction of sp³-hybridized carbons (Fsp3) is 0.333. The molecule has 0 saturated carbocycles. The molecule has 0 unspecified atom stereocenters. The van der Waals surface area contributed by atoms with Crippen LogP contribution in [0.15, 0.2) is 71.6 Å². The van der Waals surface area contributed by atoms with Gasteiger partial charge in [0.1, 0.15) is 12.6 Å². The first-order valence-electron chi connectivity index (χ1n) is 12.9. The molecule has 0 aliphatic heterocycles. The van der Waals surface area contributed by atoms with E-state index < -0.39 is 28.5 Å². The SMILES string of the molecule is CCCNC(=O)[C@@H](C)N(Cc1ccc(C)cc1)C(=O)CN(c1ccc(C)c(Cl)c1)S(=O)(=O)c1ccc(C)cc1. The minimum Gasteiger partial charge on any atom is -0.354 e. The molecule has 1 N–H and O–H groups in total. The molecular formula is C30H36ClN3O4S. The van der Waals surface area contributed by atoms with E-state index >= 15 is 0 Å². The molecule has 0 bridgehead atoms. The van der Waals surface area contributed by atoms with Gasteiger partial charge in [-0.3, -0.25) is 13.9 Å². The van der Waals surface area contributed by atoms with E-state index in [4.69, 9.17) is 11.6 Å². The summed E-state index contributed by atoms with van der Waals surface area (Å²) in [5, 5.41) is 3.22. The molecule has 0 saturated heterocycles. The summed E-state index contributed by atoms with van der Waals surface area (Å²) >= 11 is 6.36. The normalized spacial score (nSPS) is 12.1. The lowest BCUT2D eigenvalue weighted by atomic mass is 10.1. The molecule has 0 aliphatic rings. The van der Waals surface area contributed by atoms with Crippen LogP contribution in [-0.2, 0) is 26.2 Å². The first-order chi connectivity index (χ1) is 18.4. The van der Waals surface area contributed by atoms with E-state index in [1.54, 1.807) is 31.2 Å². The molecule has 3 aromatic rings. The van der Waals surface area contributed by atoms with Crippen LogP contribution < -0.4 is 9.62 Å². The largest absolute Gasteiger partial charge is 0.354 e. The smallest absolute Gasteiger partial charge is 0.264 e. The number of benzene rings is 3. The van der Waals surface area contributed by atoms with E-state index in [1.165, 1.54) is 23.1 Å². The molecule has 0 spiro atoms. The molecule has 39 heavy (non-hydrogen) atoms. The molecule has 0 aromatic heterocycles. The van der Waals surface area contributed by atoms with E-state index in [2.05, 4.69) is 5.32 Å². The van der Waals surface area contributed by atoms with Crippen LogP contribution in [-0.4, -0.2) is 44.3 Å². The predicted molar refractivity (Wildman–Crippen MR) is 156 cm³/mol. The van der Waals surface area contributed by atoms with Gasteiger partial charge in [0.25, 0.3) is 10.0 Å². The van der Waals surface area contributed by atoms with Crippen LogP contribution in [0.25, 0.3) is 0 Å². The zero-order valence-corrected chi connectivity index (χ0v) is 24.6. The molecule has 0 fully saturated rings. The van der Waals surface area contributed by atoms with Crippen LogP contribution in [0.5, 0.6) is 0 Å². The summed E-state index contributed by atoms with van der Waals surface area (Å²) in [6.45, 7) is 9.36. The highest BCUT2D eigenvalue weighted by atomic mass is 35.5. The number of anilines is 1. The Balaban J connectivity index is 2.04. The lowest BCUT2D eigenvalue weighted by molar-refractivity contribution is -0.139. The molecule has 0 heterocycles. The second-order valence-electron chi connectivity index (χ2n) is 9.73. The molecule has 1 atom stereocenters. The third-order valence-corrected chi connectivity index (χ3v) is 8.72. The summed E-state index contributed by atoms with van der Waals surface area (Å²) in [6, 6.07) is 18.2. The number of halogens is 1. The standard InChI is InChI=1S/C30H36ClN3O4S/c1-6-17-32-30(36)24(5)33(19-25-12-7-21(2)8-13-25)29(35)20-34(26-14-11-23(4)28(31)18-26)39(37,38)27-15-9-22(3)10-16-27/h7-16,18,24H,6,17,19-20H2,1-5H3,(H,32,36)/t24-/m1/s1. The number of rotatable bonds is 11. The third-order valence-electron chi connectivity index (χ3n) is 6.52. The van der Waals surface area contributed by atoms with Crippen molar-refractivity contribution in [1.82, 2.24) is 10.2 Å². The number of hydrogen-bond acceptors (Lipinski definition) is 4. The van der Waals surface area contributed by atoms with E-state index in [0.717, 1.165) is 33.0 Å². The Morgan fingerprint density at radius 3 is 2.08 bits per heavy atom. The van der Waals surface area contributed by atoms with Crippen molar-refractivity contribution in [3.63, 3.8) is 0 Å². The van der Waals surface area contributed by atoms with Gasteiger partial charge in [-0.2, -0.15) is 0 Å². The number of aryl methyl sites for hydroxylation is 3. The first kappa shape index (κ1) is 30.2. The molecule has 3 aromatic carbocycles. The minimum atomic E-state index is -4.14. The van der Waals surface area contributed by atoms with Gasteiger partial charge in [0.2, 0.25) is 11.8 Å². The molecule has 0 aliphatic carbocycles. The molecule has 9 heteroatoms. The number of sulfonamides is 1. The van der Waals surface area contributed by atoms with Crippen LogP contribution in [0, 0.1) is 20.8 Å². The molecule has 208 valence electrons. The summed E-state index contributed by atoms with van der Waals surface area (Å²) < 4.78 is 28.8. The number of nitrogens with zero attached hydrogens (tertiary/aromatic N) is 2. The van der Waals surface area contributed by atoms with Crippen LogP contribution >= 0.6 is 11.6 Å². The summed E-state index contributed by atoms with van der Waals surface area (Å²) in [5.41, 5.74) is 3.85. The Bertz CT molecular complexity index is 1410. The van der Waals surface area contributed by atoms with Crippen molar-refractivity contribution in [2.45, 2.75) is 58.5 Å². The van der Waals surface area contributed by atoms with Crippen LogP contribution in [0.2, 0.25) is 5.02 Å². The van der Waals surface area contributed by atoms with E-state index in [-0.39, 0.29) is 23.0 Å². The maximum Gasteiger partial charge on any atom is 0.264 e. The monoisotopic (exact) mass is 569 g/mol. The Morgan fingerprint density at radius 2 is 1.51 bits per heavy atom. The average Bonchev–Trinajstić information content (AvgIpc) is 2.91. The van der Waals surface area contributed by atoms with Gasteiger partial charge in [0.05, 0.1) is 10.6 Å². The van der Waals surface area contributed by atoms with Gasteiger partial charge < -0.3 is 10.2 Å². The number of hydrogen-bond donors (Lipinski definition) is 1. The van der Waals surface area contributed by atoms with Crippen LogP contribution in [0.1, 0.15) is 42.5 Å². The number of nitrogens with one attached hydrogen (secondary N) is 1. The van der Waals surface area contributed by atoms with Gasteiger partial charge in [0.15, 0.2) is 0 Å². The molecule has 7 nitrogen and oxygen atoms in total. The Labute approximate surface area is 236 Å². The molecular weight excluding hydrogens is 534 g/mol. The summed E-state index contributed by atoms with van der Waals surface area (Å²) in [6.07, 6.45) is 0.751. The Morgan fingerprint density at radius 1 is 0.923 bits per heavy atom. The summed E-state index contributed by atoms with van der Waals surface area (Å²) in [7, 11) is -4.14. The average molecular weight is 570 g/mol. The fourth-order valence-corrected chi connectivity index (χ4v) is 5.55. The highest BCUT2D eigenvalue weighted by molar-refractivity contribution is 7.92. The van der Waals surface area contributed by atoms with Crippen molar-refractivity contribution < 1.29 is 18.0 Å². The lowest BCUT2D eigenvalue weighted by Gasteiger charge is -2.32. The topological polar surface area (TPSA) is 86.8 Å². The molecule has 2 amide bonds. The maximum atomic E-state index is 13.9. The van der Waals surface area contributed by atoms with Crippen LogP contribution in [0.3, 0.4) is 0 Å². The highest BCUT2D eigenvalue weighted by Crippen LogP contribution is 2.28. The van der Waals surface area contributed by atoms with Gasteiger partial charge >= 0.3 is 0 Å². The van der Waals surface area contributed by atoms with Gasteiger partial charge in [0, 0.05) is 18.1 Å². The maximum absolute atomic E-state index is 13.9. The number of amides is 2. The van der Waals surface area contributed by atoms with Gasteiger partial charge in [-0.05, 0) is 69.5 Å². The first-order valence-corrected chi connectivity index (χ1v) is 14.7. The molecule has 3 rings (SSSR count). The Hall–Kier alpha value is -3.36. The zero-order valence-electron chi connectivity index (χ0n) is 23.1. The minimum absolute atomic E-state index is 0.0522. The van der Waals surface area contributed by atoms with Crippen molar-refractivity contribution in [2.24, 2.45) is 0 Å². The third kappa shape index (κ3) is 7.61.